The van der Waals surface area contributed by atoms with Gasteiger partial charge in [0.05, 0.1) is 0 Å². The van der Waals surface area contributed by atoms with Crippen LogP contribution >= 0.6 is 11.8 Å². The third kappa shape index (κ3) is 4.35. The fourth-order valence-corrected chi connectivity index (χ4v) is 3.38. The zero-order valence-corrected chi connectivity index (χ0v) is 15.3. The van der Waals surface area contributed by atoms with Crippen LogP contribution in [0.2, 0.25) is 0 Å². The molecule has 0 saturated heterocycles. The van der Waals surface area contributed by atoms with Crippen LogP contribution in [-0.2, 0) is 12.3 Å². The van der Waals surface area contributed by atoms with Crippen molar-refractivity contribution in [2.75, 3.05) is 0 Å². The van der Waals surface area contributed by atoms with E-state index in [4.69, 9.17) is 4.42 Å². The van der Waals surface area contributed by atoms with Crippen LogP contribution in [0.5, 0.6) is 0 Å². The molecule has 0 spiro atoms. The fourth-order valence-electron chi connectivity index (χ4n) is 2.58. The SMILES string of the molecule is O=C(NCc1ccc(CSc2nc3ccccc3o2)cc1)c1ccccn1. The van der Waals surface area contributed by atoms with Crippen LogP contribution in [0, 0.1) is 0 Å². The molecule has 2 heterocycles. The van der Waals surface area contributed by atoms with Crippen molar-refractivity contribution in [3.8, 4) is 0 Å². The number of carbonyl (C=O) groups excluding carboxylic acids is 1. The molecule has 0 aliphatic carbocycles. The number of aromatic nitrogens is 2. The van der Waals surface area contributed by atoms with Gasteiger partial charge in [-0.15, -0.1) is 0 Å². The molecule has 2 aromatic heterocycles. The minimum atomic E-state index is -0.175. The van der Waals surface area contributed by atoms with Crippen LogP contribution in [0.1, 0.15) is 21.6 Å². The van der Waals surface area contributed by atoms with Crippen LogP contribution in [0.15, 0.2) is 82.6 Å². The lowest BCUT2D eigenvalue weighted by Gasteiger charge is -2.06. The molecular weight excluding hydrogens is 358 g/mol. The summed E-state index contributed by atoms with van der Waals surface area (Å²) in [6.45, 7) is 0.466. The first-order valence-electron chi connectivity index (χ1n) is 8.53. The van der Waals surface area contributed by atoms with Crippen molar-refractivity contribution in [2.24, 2.45) is 0 Å². The van der Waals surface area contributed by atoms with E-state index in [1.54, 1.807) is 36.2 Å². The predicted molar refractivity (Wildman–Crippen MR) is 105 cm³/mol. The van der Waals surface area contributed by atoms with Gasteiger partial charge in [-0.3, -0.25) is 9.78 Å². The van der Waals surface area contributed by atoms with E-state index in [0.29, 0.717) is 17.5 Å². The number of thioether (sulfide) groups is 1. The number of pyridine rings is 1. The van der Waals surface area contributed by atoms with Gasteiger partial charge in [-0.1, -0.05) is 54.2 Å². The summed E-state index contributed by atoms with van der Waals surface area (Å²) in [4.78, 5) is 20.5. The number of amides is 1. The minimum Gasteiger partial charge on any atom is -0.431 e. The first kappa shape index (κ1) is 17.3. The van der Waals surface area contributed by atoms with Crippen LogP contribution in [-0.4, -0.2) is 15.9 Å². The van der Waals surface area contributed by atoms with Crippen LogP contribution in [0.25, 0.3) is 11.1 Å². The van der Waals surface area contributed by atoms with Crippen LogP contribution < -0.4 is 5.32 Å². The van der Waals surface area contributed by atoms with Crippen molar-refractivity contribution < 1.29 is 9.21 Å². The molecule has 6 heteroatoms. The molecule has 4 aromatic rings. The molecule has 0 radical (unpaired) electrons. The highest BCUT2D eigenvalue weighted by molar-refractivity contribution is 7.98. The number of rotatable bonds is 6. The number of fused-ring (bicyclic) bond motifs is 1. The average Bonchev–Trinajstić information content (AvgIpc) is 3.15. The first-order chi connectivity index (χ1) is 13.3. The number of nitrogens with zero attached hydrogens (tertiary/aromatic N) is 2. The van der Waals surface area contributed by atoms with E-state index in [1.807, 2.05) is 36.4 Å². The average molecular weight is 375 g/mol. The highest BCUT2D eigenvalue weighted by atomic mass is 32.2. The Labute approximate surface area is 160 Å². The molecule has 0 aliphatic rings. The molecule has 0 aliphatic heterocycles. The summed E-state index contributed by atoms with van der Waals surface area (Å²) in [7, 11) is 0. The van der Waals surface area contributed by atoms with Crippen molar-refractivity contribution in [3.63, 3.8) is 0 Å². The summed E-state index contributed by atoms with van der Waals surface area (Å²) >= 11 is 1.56. The van der Waals surface area contributed by atoms with Gasteiger partial charge in [0, 0.05) is 18.5 Å². The normalized spacial score (nSPS) is 10.8. The second-order valence-corrected chi connectivity index (χ2v) is 6.88. The Bertz CT molecular complexity index is 1010. The smallest absolute Gasteiger partial charge is 0.270 e. The summed E-state index contributed by atoms with van der Waals surface area (Å²) in [5.41, 5.74) is 4.30. The minimum absolute atomic E-state index is 0.175. The molecule has 5 nitrogen and oxygen atoms in total. The van der Waals surface area contributed by atoms with Crippen molar-refractivity contribution in [3.05, 3.63) is 89.7 Å². The molecule has 4 rings (SSSR count). The Morgan fingerprint density at radius 1 is 0.963 bits per heavy atom. The zero-order chi connectivity index (χ0) is 18.5. The third-order valence-electron chi connectivity index (χ3n) is 4.01. The van der Waals surface area contributed by atoms with Crippen molar-refractivity contribution in [1.29, 1.82) is 0 Å². The van der Waals surface area contributed by atoms with E-state index in [-0.39, 0.29) is 5.91 Å². The topological polar surface area (TPSA) is 68.0 Å². The van der Waals surface area contributed by atoms with Gasteiger partial charge in [-0.2, -0.15) is 0 Å². The third-order valence-corrected chi connectivity index (χ3v) is 4.91. The molecule has 134 valence electrons. The Morgan fingerprint density at radius 2 is 1.74 bits per heavy atom. The number of hydrogen-bond donors (Lipinski definition) is 1. The first-order valence-corrected chi connectivity index (χ1v) is 9.52. The number of carbonyl (C=O) groups is 1. The standard InChI is InChI=1S/C21H17N3O2S/c25-20(18-6-3-4-12-22-18)23-13-15-8-10-16(11-9-15)14-27-21-24-17-5-1-2-7-19(17)26-21/h1-12H,13-14H2,(H,23,25). The summed E-state index contributed by atoms with van der Waals surface area (Å²) in [5.74, 6) is 0.596. The van der Waals surface area contributed by atoms with Gasteiger partial charge >= 0.3 is 0 Å². The van der Waals surface area contributed by atoms with Gasteiger partial charge in [0.1, 0.15) is 11.2 Å². The maximum atomic E-state index is 12.0. The second-order valence-electron chi connectivity index (χ2n) is 5.95. The fraction of sp³-hybridized carbons (Fsp3) is 0.0952. The molecule has 27 heavy (non-hydrogen) atoms. The molecular formula is C21H17N3O2S. The lowest BCUT2D eigenvalue weighted by molar-refractivity contribution is 0.0946. The van der Waals surface area contributed by atoms with Gasteiger partial charge in [0.2, 0.25) is 0 Å². The largest absolute Gasteiger partial charge is 0.431 e. The molecule has 0 unspecified atom stereocenters. The number of oxazole rings is 1. The molecule has 0 saturated carbocycles. The van der Waals surface area contributed by atoms with Gasteiger partial charge in [0.15, 0.2) is 5.58 Å². The van der Waals surface area contributed by atoms with Crippen molar-refractivity contribution >= 4 is 28.8 Å². The maximum absolute atomic E-state index is 12.0. The molecule has 1 amide bonds. The molecule has 2 aromatic carbocycles. The van der Waals surface area contributed by atoms with Gasteiger partial charge in [-0.05, 0) is 35.4 Å². The molecule has 0 bridgehead atoms. The number of nitrogens with one attached hydrogen (secondary N) is 1. The van der Waals surface area contributed by atoms with Gasteiger partial charge < -0.3 is 9.73 Å². The second kappa shape index (κ2) is 8.05. The van der Waals surface area contributed by atoms with Crippen LogP contribution in [0.4, 0.5) is 0 Å². The van der Waals surface area contributed by atoms with E-state index in [1.165, 1.54) is 5.56 Å². The van der Waals surface area contributed by atoms with Gasteiger partial charge in [0.25, 0.3) is 11.1 Å². The van der Waals surface area contributed by atoms with Crippen LogP contribution in [0.3, 0.4) is 0 Å². The maximum Gasteiger partial charge on any atom is 0.270 e. The van der Waals surface area contributed by atoms with Crippen molar-refractivity contribution in [2.45, 2.75) is 17.5 Å². The Balaban J connectivity index is 1.31. The zero-order valence-electron chi connectivity index (χ0n) is 14.5. The van der Waals surface area contributed by atoms with E-state index in [0.717, 1.165) is 22.4 Å². The Kier molecular flexibility index (Phi) is 5.16. The summed E-state index contributed by atoms with van der Waals surface area (Å²) in [5, 5.41) is 3.55. The Morgan fingerprint density at radius 3 is 2.52 bits per heavy atom. The molecule has 0 fully saturated rings. The van der Waals surface area contributed by atoms with E-state index in [9.17, 15) is 4.79 Å². The summed E-state index contributed by atoms with van der Waals surface area (Å²) in [6.07, 6.45) is 1.61. The molecule has 0 atom stereocenters. The quantitative estimate of drug-likeness (QED) is 0.505. The Hall–Kier alpha value is -3.12. The van der Waals surface area contributed by atoms with Gasteiger partial charge in [-0.25, -0.2) is 4.98 Å². The molecule has 1 N–H and O–H groups in total. The highest BCUT2D eigenvalue weighted by Crippen LogP contribution is 2.26. The lowest BCUT2D eigenvalue weighted by Crippen LogP contribution is -2.23. The monoisotopic (exact) mass is 375 g/mol. The highest BCUT2D eigenvalue weighted by Gasteiger charge is 2.07. The lowest BCUT2D eigenvalue weighted by atomic mass is 10.1. The summed E-state index contributed by atoms with van der Waals surface area (Å²) in [6, 6.07) is 21.2. The number of para-hydroxylation sites is 2. The number of hydrogen-bond acceptors (Lipinski definition) is 5. The number of benzene rings is 2. The van der Waals surface area contributed by atoms with Crippen molar-refractivity contribution in [1.82, 2.24) is 15.3 Å². The van der Waals surface area contributed by atoms with E-state index >= 15 is 0 Å². The summed E-state index contributed by atoms with van der Waals surface area (Å²) < 4.78 is 5.72. The predicted octanol–water partition coefficient (Wildman–Crippen LogP) is 4.45. The van der Waals surface area contributed by atoms with E-state index < -0.39 is 0 Å². The van der Waals surface area contributed by atoms with E-state index in [2.05, 4.69) is 27.4 Å².